The molecule has 136 valence electrons. The molecule has 2 aliphatic heterocycles. The van der Waals surface area contributed by atoms with Crippen molar-refractivity contribution in [3.8, 4) is 0 Å². The fourth-order valence-corrected chi connectivity index (χ4v) is 6.17. The first-order valence-electron chi connectivity index (χ1n) is 9.29. The predicted molar refractivity (Wildman–Crippen MR) is 97.2 cm³/mol. The van der Waals surface area contributed by atoms with Crippen molar-refractivity contribution >= 4 is 15.7 Å². The molecule has 2 saturated heterocycles. The second-order valence-corrected chi connectivity index (χ2v) is 10.0. The summed E-state index contributed by atoms with van der Waals surface area (Å²) in [6, 6.07) is 10.3. The van der Waals surface area contributed by atoms with Crippen molar-refractivity contribution in [1.29, 1.82) is 0 Å². The van der Waals surface area contributed by atoms with Crippen molar-refractivity contribution in [3.63, 3.8) is 0 Å². The van der Waals surface area contributed by atoms with Gasteiger partial charge in [0.1, 0.15) is 0 Å². The number of hydrogen-bond donors (Lipinski definition) is 1. The van der Waals surface area contributed by atoms with Crippen LogP contribution in [-0.2, 0) is 20.0 Å². The van der Waals surface area contributed by atoms with E-state index in [0.29, 0.717) is 13.0 Å². The highest BCUT2D eigenvalue weighted by Crippen LogP contribution is 2.47. The second-order valence-electron chi connectivity index (χ2n) is 7.82. The van der Waals surface area contributed by atoms with Crippen molar-refractivity contribution in [1.82, 2.24) is 10.2 Å². The summed E-state index contributed by atoms with van der Waals surface area (Å²) in [5, 5.41) is 3.17. The minimum atomic E-state index is -2.92. The van der Waals surface area contributed by atoms with E-state index in [1.807, 2.05) is 6.07 Å². The molecule has 1 N–H and O–H groups in total. The molecule has 4 rings (SSSR count). The fraction of sp³-hybridized carbons (Fsp3) is 0.632. The summed E-state index contributed by atoms with van der Waals surface area (Å²) in [6.07, 6.45) is 4.71. The SMILES string of the molecule is O=C(NCC1(c2ccccc2)CC1)C1CCCN1C1CCS(=O)(=O)C1. The predicted octanol–water partition coefficient (Wildman–Crippen LogP) is 1.49. The van der Waals surface area contributed by atoms with Crippen LogP contribution in [0.5, 0.6) is 0 Å². The third-order valence-corrected chi connectivity index (χ3v) is 7.87. The van der Waals surface area contributed by atoms with Gasteiger partial charge in [-0.05, 0) is 44.2 Å². The van der Waals surface area contributed by atoms with Crippen LogP contribution in [0.25, 0.3) is 0 Å². The largest absolute Gasteiger partial charge is 0.354 e. The number of rotatable bonds is 5. The molecule has 1 aliphatic carbocycles. The molecule has 25 heavy (non-hydrogen) atoms. The average Bonchev–Trinajstić information content (AvgIpc) is 3.08. The fourth-order valence-electron chi connectivity index (χ4n) is 4.43. The normalized spacial score (nSPS) is 30.2. The molecule has 2 atom stereocenters. The third-order valence-electron chi connectivity index (χ3n) is 6.11. The van der Waals surface area contributed by atoms with Gasteiger partial charge in [0.15, 0.2) is 9.84 Å². The van der Waals surface area contributed by atoms with Gasteiger partial charge in [-0.25, -0.2) is 8.42 Å². The van der Waals surface area contributed by atoms with Gasteiger partial charge in [-0.15, -0.1) is 0 Å². The second kappa shape index (κ2) is 6.40. The van der Waals surface area contributed by atoms with Crippen LogP contribution < -0.4 is 5.32 Å². The standard InChI is InChI=1S/C19H26N2O3S/c22-18(20-14-19(9-10-19)15-5-2-1-3-6-15)17-7-4-11-21(17)16-8-12-25(23,24)13-16/h1-3,5-6,16-17H,4,7-14H2,(H,20,22). The molecule has 1 amide bonds. The number of nitrogens with zero attached hydrogens (tertiary/aromatic N) is 1. The van der Waals surface area contributed by atoms with Gasteiger partial charge < -0.3 is 5.32 Å². The molecular formula is C19H26N2O3S. The summed E-state index contributed by atoms with van der Waals surface area (Å²) < 4.78 is 23.5. The maximum Gasteiger partial charge on any atom is 0.237 e. The van der Waals surface area contributed by atoms with E-state index in [1.54, 1.807) is 0 Å². The molecule has 1 saturated carbocycles. The number of carbonyl (C=O) groups is 1. The molecule has 3 fully saturated rings. The Labute approximate surface area is 149 Å². The lowest BCUT2D eigenvalue weighted by Gasteiger charge is -2.29. The molecule has 6 heteroatoms. The van der Waals surface area contributed by atoms with E-state index >= 15 is 0 Å². The molecule has 0 aromatic heterocycles. The molecule has 1 aromatic rings. The Hall–Kier alpha value is -1.40. The smallest absolute Gasteiger partial charge is 0.237 e. The average molecular weight is 362 g/mol. The van der Waals surface area contributed by atoms with Crippen LogP contribution in [0.4, 0.5) is 0 Å². The molecule has 0 radical (unpaired) electrons. The van der Waals surface area contributed by atoms with Gasteiger partial charge >= 0.3 is 0 Å². The highest BCUT2D eigenvalue weighted by Gasteiger charge is 2.45. The van der Waals surface area contributed by atoms with E-state index in [2.05, 4.69) is 34.5 Å². The molecule has 0 spiro atoms. The van der Waals surface area contributed by atoms with Gasteiger partial charge in [0.05, 0.1) is 17.5 Å². The zero-order chi connectivity index (χ0) is 17.5. The summed E-state index contributed by atoms with van der Waals surface area (Å²) >= 11 is 0. The summed E-state index contributed by atoms with van der Waals surface area (Å²) in [5.74, 6) is 0.550. The van der Waals surface area contributed by atoms with E-state index in [0.717, 1.165) is 32.2 Å². The number of sulfone groups is 1. The first-order chi connectivity index (χ1) is 12.0. The maximum atomic E-state index is 12.8. The minimum absolute atomic E-state index is 0.0206. The third kappa shape index (κ3) is 3.47. The quantitative estimate of drug-likeness (QED) is 0.862. The van der Waals surface area contributed by atoms with E-state index in [1.165, 1.54) is 5.56 Å². The number of benzene rings is 1. The van der Waals surface area contributed by atoms with E-state index in [9.17, 15) is 13.2 Å². The molecule has 0 bridgehead atoms. The lowest BCUT2D eigenvalue weighted by atomic mass is 9.96. The Kier molecular flexibility index (Phi) is 4.36. The molecule has 3 aliphatic rings. The van der Waals surface area contributed by atoms with Crippen LogP contribution in [0.3, 0.4) is 0 Å². The zero-order valence-electron chi connectivity index (χ0n) is 14.5. The van der Waals surface area contributed by atoms with Crippen molar-refractivity contribution in [3.05, 3.63) is 35.9 Å². The molecule has 2 heterocycles. The Morgan fingerprint density at radius 1 is 1.20 bits per heavy atom. The first kappa shape index (κ1) is 17.0. The van der Waals surface area contributed by atoms with Gasteiger partial charge in [0.25, 0.3) is 0 Å². The summed E-state index contributed by atoms with van der Waals surface area (Å²) in [5.41, 5.74) is 1.41. The summed E-state index contributed by atoms with van der Waals surface area (Å²) in [4.78, 5) is 14.9. The minimum Gasteiger partial charge on any atom is -0.354 e. The monoisotopic (exact) mass is 362 g/mol. The Morgan fingerprint density at radius 2 is 1.96 bits per heavy atom. The van der Waals surface area contributed by atoms with Crippen LogP contribution in [0, 0.1) is 0 Å². The van der Waals surface area contributed by atoms with Gasteiger partial charge in [-0.1, -0.05) is 30.3 Å². The van der Waals surface area contributed by atoms with Crippen molar-refractivity contribution in [2.24, 2.45) is 0 Å². The van der Waals surface area contributed by atoms with Crippen LogP contribution >= 0.6 is 0 Å². The number of nitrogens with one attached hydrogen (secondary N) is 1. The highest BCUT2D eigenvalue weighted by molar-refractivity contribution is 7.91. The lowest BCUT2D eigenvalue weighted by molar-refractivity contribution is -0.126. The van der Waals surface area contributed by atoms with Crippen LogP contribution in [0.1, 0.15) is 37.7 Å². The summed E-state index contributed by atoms with van der Waals surface area (Å²) in [6.45, 7) is 1.52. The van der Waals surface area contributed by atoms with Gasteiger partial charge in [0.2, 0.25) is 5.91 Å². The number of carbonyl (C=O) groups excluding carboxylic acids is 1. The lowest BCUT2D eigenvalue weighted by Crippen LogP contribution is -2.49. The number of amides is 1. The van der Waals surface area contributed by atoms with E-state index in [4.69, 9.17) is 0 Å². The van der Waals surface area contributed by atoms with E-state index in [-0.39, 0.29) is 34.9 Å². The van der Waals surface area contributed by atoms with Crippen molar-refractivity contribution in [2.45, 2.75) is 49.6 Å². The van der Waals surface area contributed by atoms with Crippen LogP contribution in [-0.4, -0.2) is 55.9 Å². The Balaban J connectivity index is 1.38. The zero-order valence-corrected chi connectivity index (χ0v) is 15.3. The first-order valence-corrected chi connectivity index (χ1v) is 11.1. The van der Waals surface area contributed by atoms with E-state index < -0.39 is 9.84 Å². The van der Waals surface area contributed by atoms with Gasteiger partial charge in [0, 0.05) is 18.0 Å². The summed E-state index contributed by atoms with van der Waals surface area (Å²) in [7, 11) is -2.92. The topological polar surface area (TPSA) is 66.5 Å². The number of hydrogen-bond acceptors (Lipinski definition) is 4. The van der Waals surface area contributed by atoms with Crippen molar-refractivity contribution in [2.75, 3.05) is 24.6 Å². The molecular weight excluding hydrogens is 336 g/mol. The molecule has 2 unspecified atom stereocenters. The van der Waals surface area contributed by atoms with Crippen LogP contribution in [0.15, 0.2) is 30.3 Å². The number of likely N-dealkylation sites (tertiary alicyclic amines) is 1. The van der Waals surface area contributed by atoms with Crippen molar-refractivity contribution < 1.29 is 13.2 Å². The van der Waals surface area contributed by atoms with Crippen LogP contribution in [0.2, 0.25) is 0 Å². The van der Waals surface area contributed by atoms with Gasteiger partial charge in [-0.2, -0.15) is 0 Å². The highest BCUT2D eigenvalue weighted by atomic mass is 32.2. The Bertz CT molecular complexity index is 743. The maximum absolute atomic E-state index is 12.8. The van der Waals surface area contributed by atoms with Gasteiger partial charge in [-0.3, -0.25) is 9.69 Å². The Morgan fingerprint density at radius 3 is 2.60 bits per heavy atom. The molecule has 1 aromatic carbocycles. The molecule has 5 nitrogen and oxygen atoms in total.